The van der Waals surface area contributed by atoms with E-state index >= 15 is 0 Å². The number of rotatable bonds is 5. The summed E-state index contributed by atoms with van der Waals surface area (Å²) in [5, 5.41) is 8.75. The fourth-order valence-electron chi connectivity index (χ4n) is 3.89. The van der Waals surface area contributed by atoms with Gasteiger partial charge in [0, 0.05) is 52.2 Å². The van der Waals surface area contributed by atoms with Crippen LogP contribution in [0.3, 0.4) is 0 Å². The molecule has 2 aliphatic rings. The number of hydrogen-bond acceptors (Lipinski definition) is 4. The Bertz CT molecular complexity index is 589. The third kappa shape index (κ3) is 5.04. The van der Waals surface area contributed by atoms with E-state index in [1.54, 1.807) is 0 Å². The van der Waals surface area contributed by atoms with Crippen LogP contribution in [0.25, 0.3) is 0 Å². The van der Waals surface area contributed by atoms with Crippen LogP contribution in [0.5, 0.6) is 0 Å². The molecule has 0 spiro atoms. The third-order valence-electron chi connectivity index (χ3n) is 5.33. The van der Waals surface area contributed by atoms with Crippen LogP contribution >= 0.6 is 0 Å². The Morgan fingerprint density at radius 3 is 2.56 bits per heavy atom. The lowest BCUT2D eigenvalue weighted by molar-refractivity contribution is -0.139. The van der Waals surface area contributed by atoms with Gasteiger partial charge in [0.25, 0.3) is 0 Å². The highest BCUT2D eigenvalue weighted by Gasteiger charge is 2.30. The molecule has 1 unspecified atom stereocenters. The van der Waals surface area contributed by atoms with E-state index < -0.39 is 0 Å². The number of likely N-dealkylation sites (tertiary alicyclic amines) is 1. The number of nitrogens with zero attached hydrogens (tertiary/aromatic N) is 4. The lowest BCUT2D eigenvalue weighted by Crippen LogP contribution is -2.52. The van der Waals surface area contributed by atoms with Gasteiger partial charge in [-0.25, -0.2) is 0 Å². The van der Waals surface area contributed by atoms with Crippen molar-refractivity contribution in [3.63, 3.8) is 0 Å². The molecule has 0 radical (unpaired) electrons. The summed E-state index contributed by atoms with van der Waals surface area (Å²) in [6.07, 6.45) is 2.61. The molecule has 1 atom stereocenters. The zero-order chi connectivity index (χ0) is 17.5. The molecule has 2 fully saturated rings. The largest absolute Gasteiger partial charge is 0.340 e. The molecule has 1 aromatic carbocycles. The number of benzene rings is 1. The molecule has 0 N–H and O–H groups in total. The van der Waals surface area contributed by atoms with Gasteiger partial charge < -0.3 is 9.80 Å². The van der Waals surface area contributed by atoms with Gasteiger partial charge in [0.15, 0.2) is 0 Å². The second-order valence-corrected chi connectivity index (χ2v) is 7.13. The molecule has 2 aliphatic heterocycles. The molecule has 0 aliphatic carbocycles. The van der Waals surface area contributed by atoms with Gasteiger partial charge in [-0.1, -0.05) is 30.3 Å². The highest BCUT2D eigenvalue weighted by molar-refractivity contribution is 5.79. The molecule has 25 heavy (non-hydrogen) atoms. The van der Waals surface area contributed by atoms with Crippen LogP contribution in [-0.2, 0) is 11.3 Å². The Morgan fingerprint density at radius 1 is 1.08 bits per heavy atom. The van der Waals surface area contributed by atoms with Crippen molar-refractivity contribution in [3.8, 4) is 6.07 Å². The quantitative estimate of drug-likeness (QED) is 0.822. The first-order chi connectivity index (χ1) is 12.3. The van der Waals surface area contributed by atoms with Gasteiger partial charge in [-0.2, -0.15) is 5.26 Å². The number of piperazine rings is 1. The van der Waals surface area contributed by atoms with Crippen molar-refractivity contribution in [2.45, 2.75) is 25.8 Å². The zero-order valence-electron chi connectivity index (χ0n) is 14.9. The third-order valence-corrected chi connectivity index (χ3v) is 5.33. The van der Waals surface area contributed by atoms with Crippen LogP contribution in [0.2, 0.25) is 0 Å². The van der Waals surface area contributed by atoms with E-state index in [1.807, 2.05) is 6.07 Å². The second-order valence-electron chi connectivity index (χ2n) is 7.13. The zero-order valence-corrected chi connectivity index (χ0v) is 14.9. The van der Waals surface area contributed by atoms with Gasteiger partial charge in [0.2, 0.25) is 5.91 Å². The average Bonchev–Trinajstić information content (AvgIpc) is 2.67. The van der Waals surface area contributed by atoms with Gasteiger partial charge in [-0.15, -0.1) is 0 Å². The number of carbonyl (C=O) groups is 1. The summed E-state index contributed by atoms with van der Waals surface area (Å²) < 4.78 is 0. The van der Waals surface area contributed by atoms with Crippen LogP contribution < -0.4 is 0 Å². The summed E-state index contributed by atoms with van der Waals surface area (Å²) in [7, 11) is 0. The molecule has 0 aromatic heterocycles. The maximum atomic E-state index is 12.9. The Balaban J connectivity index is 1.45. The molecule has 5 heteroatoms. The standard InChI is InChI=1S/C20H28N4O/c21-9-5-11-22-10-4-8-19(17-22)20(25)24-14-12-23(13-15-24)16-18-6-2-1-3-7-18/h1-3,6-7,19H,4-5,8,10-17H2. The Hall–Kier alpha value is -1.90. The first-order valence-corrected chi connectivity index (χ1v) is 9.40. The minimum Gasteiger partial charge on any atom is -0.340 e. The summed E-state index contributed by atoms with van der Waals surface area (Å²) in [5.74, 6) is 0.439. The maximum Gasteiger partial charge on any atom is 0.227 e. The summed E-state index contributed by atoms with van der Waals surface area (Å²) in [6.45, 7) is 7.18. The van der Waals surface area contributed by atoms with E-state index in [0.717, 1.165) is 65.2 Å². The number of piperidine rings is 1. The van der Waals surface area contributed by atoms with Crippen molar-refractivity contribution in [2.75, 3.05) is 45.8 Å². The van der Waals surface area contributed by atoms with Gasteiger partial charge in [-0.3, -0.25) is 9.69 Å². The highest BCUT2D eigenvalue weighted by atomic mass is 16.2. The predicted octanol–water partition coefficient (Wildman–Crippen LogP) is 1.96. The fraction of sp³-hybridized carbons (Fsp3) is 0.600. The molecule has 1 aromatic rings. The molecule has 1 amide bonds. The van der Waals surface area contributed by atoms with E-state index in [9.17, 15) is 4.79 Å². The monoisotopic (exact) mass is 340 g/mol. The molecule has 3 rings (SSSR count). The van der Waals surface area contributed by atoms with Crippen LogP contribution in [0.1, 0.15) is 24.8 Å². The van der Waals surface area contributed by atoms with Crippen molar-refractivity contribution in [1.29, 1.82) is 5.26 Å². The number of nitriles is 1. The van der Waals surface area contributed by atoms with Crippen molar-refractivity contribution in [3.05, 3.63) is 35.9 Å². The van der Waals surface area contributed by atoms with E-state index in [2.05, 4.69) is 45.0 Å². The molecular weight excluding hydrogens is 312 g/mol. The molecular formula is C20H28N4O. The minimum absolute atomic E-state index is 0.119. The normalized spacial score (nSPS) is 22.5. The number of carbonyl (C=O) groups excluding carboxylic acids is 1. The van der Waals surface area contributed by atoms with Gasteiger partial charge in [-0.05, 0) is 24.9 Å². The second kappa shape index (κ2) is 8.98. The molecule has 2 saturated heterocycles. The highest BCUT2D eigenvalue weighted by Crippen LogP contribution is 2.20. The van der Waals surface area contributed by atoms with Gasteiger partial charge in [0.1, 0.15) is 0 Å². The van der Waals surface area contributed by atoms with Gasteiger partial charge in [0.05, 0.1) is 12.0 Å². The Labute approximate surface area is 150 Å². The molecule has 134 valence electrons. The van der Waals surface area contributed by atoms with Crippen LogP contribution in [0.15, 0.2) is 30.3 Å². The summed E-state index contributed by atoms with van der Waals surface area (Å²) in [5.41, 5.74) is 1.34. The van der Waals surface area contributed by atoms with Crippen LogP contribution in [0.4, 0.5) is 0 Å². The van der Waals surface area contributed by atoms with E-state index in [0.29, 0.717) is 12.3 Å². The van der Waals surface area contributed by atoms with Crippen LogP contribution in [-0.4, -0.2) is 66.4 Å². The van der Waals surface area contributed by atoms with E-state index in [1.165, 1.54) is 5.56 Å². The summed E-state index contributed by atoms with van der Waals surface area (Å²) in [4.78, 5) is 19.6. The number of amides is 1. The maximum absolute atomic E-state index is 12.9. The molecule has 0 saturated carbocycles. The first-order valence-electron chi connectivity index (χ1n) is 9.40. The van der Waals surface area contributed by atoms with E-state index in [-0.39, 0.29) is 5.92 Å². The average molecular weight is 340 g/mol. The SMILES string of the molecule is N#CCCN1CCCC(C(=O)N2CCN(Cc3ccccc3)CC2)C1. The Morgan fingerprint density at radius 2 is 1.84 bits per heavy atom. The van der Waals surface area contributed by atoms with Gasteiger partial charge >= 0.3 is 0 Å². The predicted molar refractivity (Wildman–Crippen MR) is 97.7 cm³/mol. The van der Waals surface area contributed by atoms with Crippen molar-refractivity contribution in [2.24, 2.45) is 5.92 Å². The Kier molecular flexibility index (Phi) is 6.43. The fourth-order valence-corrected chi connectivity index (χ4v) is 3.89. The molecule has 2 heterocycles. The lowest BCUT2D eigenvalue weighted by Gasteiger charge is -2.39. The first kappa shape index (κ1) is 17.9. The smallest absolute Gasteiger partial charge is 0.227 e. The van der Waals surface area contributed by atoms with Crippen molar-refractivity contribution in [1.82, 2.24) is 14.7 Å². The lowest BCUT2D eigenvalue weighted by atomic mass is 9.96. The van der Waals surface area contributed by atoms with Crippen LogP contribution in [0, 0.1) is 17.2 Å². The summed E-state index contributed by atoms with van der Waals surface area (Å²) in [6, 6.07) is 12.7. The number of hydrogen-bond donors (Lipinski definition) is 0. The molecule has 5 nitrogen and oxygen atoms in total. The van der Waals surface area contributed by atoms with Crippen molar-refractivity contribution >= 4 is 5.91 Å². The minimum atomic E-state index is 0.119. The topological polar surface area (TPSA) is 50.6 Å². The van der Waals surface area contributed by atoms with Crippen molar-refractivity contribution < 1.29 is 4.79 Å². The summed E-state index contributed by atoms with van der Waals surface area (Å²) >= 11 is 0. The van der Waals surface area contributed by atoms with E-state index in [4.69, 9.17) is 5.26 Å². The molecule has 0 bridgehead atoms.